The Morgan fingerprint density at radius 2 is 1.14 bits per heavy atom. The lowest BCUT2D eigenvalue weighted by Crippen LogP contribution is -2.47. The molecule has 0 radical (unpaired) electrons. The standard InChI is InChI=1S/C23H22N2O2S2/c1-16-3-11-20(12-4-16)26-22(28)25(19-9-7-18(15-24)8-10-19)23(29)27-21-13-5-17(2)6-14-21/h3-14H,15,24H2,1-2H3/p+1. The number of aryl methyl sites for hydroxylation is 2. The molecule has 0 aromatic heterocycles. The van der Waals surface area contributed by atoms with E-state index in [9.17, 15) is 0 Å². The van der Waals surface area contributed by atoms with Crippen LogP contribution < -0.4 is 20.1 Å². The Bertz CT molecular complexity index is 925. The highest BCUT2D eigenvalue weighted by Gasteiger charge is 2.21. The predicted molar refractivity (Wildman–Crippen MR) is 124 cm³/mol. The summed E-state index contributed by atoms with van der Waals surface area (Å²) in [7, 11) is 0. The van der Waals surface area contributed by atoms with Gasteiger partial charge in [-0.2, -0.15) is 0 Å². The molecule has 3 aromatic carbocycles. The molecule has 0 aliphatic heterocycles. The monoisotopic (exact) mass is 423 g/mol. The molecule has 29 heavy (non-hydrogen) atoms. The lowest BCUT2D eigenvalue weighted by Gasteiger charge is -2.25. The first kappa shape index (κ1) is 20.9. The number of nitrogens with zero attached hydrogens (tertiary/aromatic N) is 1. The third-order valence-electron chi connectivity index (χ3n) is 4.30. The van der Waals surface area contributed by atoms with Gasteiger partial charge in [-0.1, -0.05) is 47.5 Å². The Morgan fingerprint density at radius 1 is 0.724 bits per heavy atom. The van der Waals surface area contributed by atoms with Crippen molar-refractivity contribution >= 4 is 40.5 Å². The molecule has 0 aliphatic carbocycles. The van der Waals surface area contributed by atoms with Gasteiger partial charge in [-0.15, -0.1) is 0 Å². The molecule has 0 fully saturated rings. The van der Waals surface area contributed by atoms with Crippen LogP contribution in [0.4, 0.5) is 5.69 Å². The fraction of sp³-hybridized carbons (Fsp3) is 0.130. The maximum absolute atomic E-state index is 5.90. The largest absolute Gasteiger partial charge is 0.431 e. The van der Waals surface area contributed by atoms with Gasteiger partial charge in [0.15, 0.2) is 0 Å². The van der Waals surface area contributed by atoms with Crippen LogP contribution in [0, 0.1) is 13.8 Å². The molecule has 3 aromatic rings. The number of hydrogen-bond donors (Lipinski definition) is 1. The summed E-state index contributed by atoms with van der Waals surface area (Å²) in [4.78, 5) is 1.61. The van der Waals surface area contributed by atoms with E-state index in [2.05, 4.69) is 5.73 Å². The Labute approximate surface area is 181 Å². The zero-order chi connectivity index (χ0) is 20.8. The van der Waals surface area contributed by atoms with E-state index in [0.717, 1.165) is 22.4 Å². The molecule has 0 aliphatic rings. The minimum Gasteiger partial charge on any atom is -0.431 e. The van der Waals surface area contributed by atoms with E-state index in [4.69, 9.17) is 33.9 Å². The number of hydrogen-bond acceptors (Lipinski definition) is 4. The Hall–Kier alpha value is -2.80. The minimum atomic E-state index is 0.188. The molecule has 3 N–H and O–H groups in total. The van der Waals surface area contributed by atoms with E-state index in [1.807, 2.05) is 86.6 Å². The molecule has 0 bridgehead atoms. The third kappa shape index (κ3) is 5.60. The maximum atomic E-state index is 5.90. The second-order valence-electron chi connectivity index (χ2n) is 6.61. The van der Waals surface area contributed by atoms with Crippen LogP contribution >= 0.6 is 24.4 Å². The molecule has 0 heterocycles. The number of rotatable bonds is 4. The molecule has 0 saturated heterocycles. The summed E-state index contributed by atoms with van der Waals surface area (Å²) in [6.07, 6.45) is 0. The van der Waals surface area contributed by atoms with Crippen LogP contribution in [0.2, 0.25) is 0 Å². The SMILES string of the molecule is Cc1ccc(OC(=S)N(C(=S)Oc2ccc(C)cc2)c2ccc(C[NH3+])cc2)cc1. The highest BCUT2D eigenvalue weighted by Crippen LogP contribution is 2.22. The van der Waals surface area contributed by atoms with E-state index in [0.29, 0.717) is 18.0 Å². The van der Waals surface area contributed by atoms with Crippen LogP contribution in [0.3, 0.4) is 0 Å². The van der Waals surface area contributed by atoms with E-state index < -0.39 is 0 Å². The quantitative estimate of drug-likeness (QED) is 0.623. The summed E-state index contributed by atoms with van der Waals surface area (Å²) in [6, 6.07) is 23.2. The molecule has 148 valence electrons. The van der Waals surface area contributed by atoms with Gasteiger partial charge in [0.25, 0.3) is 10.3 Å². The normalized spacial score (nSPS) is 10.3. The van der Waals surface area contributed by atoms with Crippen LogP contribution in [-0.2, 0) is 6.54 Å². The van der Waals surface area contributed by atoms with Gasteiger partial charge in [-0.05, 0) is 74.7 Å². The maximum Gasteiger partial charge on any atom is 0.277 e. The van der Waals surface area contributed by atoms with Gasteiger partial charge >= 0.3 is 0 Å². The van der Waals surface area contributed by atoms with Crippen molar-refractivity contribution in [2.24, 2.45) is 0 Å². The van der Waals surface area contributed by atoms with Crippen molar-refractivity contribution in [2.75, 3.05) is 4.90 Å². The van der Waals surface area contributed by atoms with Crippen molar-refractivity contribution in [3.63, 3.8) is 0 Å². The van der Waals surface area contributed by atoms with Gasteiger partial charge in [0.2, 0.25) is 0 Å². The molecule has 0 amide bonds. The molecular formula is C23H23N2O2S2+. The fourth-order valence-electron chi connectivity index (χ4n) is 2.60. The van der Waals surface area contributed by atoms with E-state index >= 15 is 0 Å². The lowest BCUT2D eigenvalue weighted by molar-refractivity contribution is -0.386. The number of ether oxygens (including phenoxy) is 2. The Balaban J connectivity index is 1.87. The van der Waals surface area contributed by atoms with Crippen molar-refractivity contribution in [3.8, 4) is 11.5 Å². The highest BCUT2D eigenvalue weighted by molar-refractivity contribution is 7.82. The van der Waals surface area contributed by atoms with Gasteiger partial charge in [0.05, 0.1) is 12.2 Å². The first-order chi connectivity index (χ1) is 14.0. The summed E-state index contributed by atoms with van der Waals surface area (Å²) in [5.74, 6) is 1.27. The zero-order valence-electron chi connectivity index (χ0n) is 16.4. The van der Waals surface area contributed by atoms with Crippen LogP contribution in [-0.4, -0.2) is 10.3 Å². The summed E-state index contributed by atoms with van der Waals surface area (Å²) >= 11 is 11.1. The number of quaternary nitrogens is 1. The fourth-order valence-corrected chi connectivity index (χ4v) is 3.23. The molecule has 6 heteroatoms. The second kappa shape index (κ2) is 9.60. The summed E-state index contributed by atoms with van der Waals surface area (Å²) in [6.45, 7) is 4.74. The summed E-state index contributed by atoms with van der Waals surface area (Å²) in [5, 5.41) is 0.377. The van der Waals surface area contributed by atoms with Crippen LogP contribution in [0.15, 0.2) is 72.8 Å². The molecule has 0 spiro atoms. The molecule has 0 atom stereocenters. The van der Waals surface area contributed by atoms with Crippen molar-refractivity contribution in [3.05, 3.63) is 89.5 Å². The number of thiocarbonyl (C=S) groups is 2. The predicted octanol–water partition coefficient (Wildman–Crippen LogP) is 4.58. The van der Waals surface area contributed by atoms with Crippen LogP contribution in [0.25, 0.3) is 0 Å². The molecule has 4 nitrogen and oxygen atoms in total. The van der Waals surface area contributed by atoms with Gasteiger partial charge in [-0.25, -0.2) is 4.90 Å². The van der Waals surface area contributed by atoms with Crippen molar-refractivity contribution in [1.29, 1.82) is 0 Å². The molecule has 0 saturated carbocycles. The van der Waals surface area contributed by atoms with Gasteiger partial charge in [0.1, 0.15) is 11.5 Å². The minimum absolute atomic E-state index is 0.188. The number of anilines is 1. The van der Waals surface area contributed by atoms with Crippen molar-refractivity contribution in [2.45, 2.75) is 20.4 Å². The van der Waals surface area contributed by atoms with E-state index in [1.165, 1.54) is 0 Å². The molecule has 0 unspecified atom stereocenters. The van der Waals surface area contributed by atoms with Gasteiger partial charge in [0, 0.05) is 5.56 Å². The Morgan fingerprint density at radius 3 is 1.52 bits per heavy atom. The van der Waals surface area contributed by atoms with Crippen LogP contribution in [0.5, 0.6) is 11.5 Å². The van der Waals surface area contributed by atoms with E-state index in [1.54, 1.807) is 4.90 Å². The topological polar surface area (TPSA) is 49.3 Å². The first-order valence-electron chi connectivity index (χ1n) is 9.21. The van der Waals surface area contributed by atoms with E-state index in [-0.39, 0.29) is 10.3 Å². The van der Waals surface area contributed by atoms with Gasteiger partial charge < -0.3 is 15.2 Å². The average Bonchev–Trinajstić information content (AvgIpc) is 2.72. The second-order valence-corrected chi connectivity index (χ2v) is 7.31. The highest BCUT2D eigenvalue weighted by atomic mass is 32.1. The molecule has 3 rings (SSSR count). The number of benzene rings is 3. The Kier molecular flexibility index (Phi) is 6.93. The smallest absolute Gasteiger partial charge is 0.277 e. The van der Waals surface area contributed by atoms with Crippen molar-refractivity contribution in [1.82, 2.24) is 0 Å². The lowest BCUT2D eigenvalue weighted by atomic mass is 10.2. The first-order valence-corrected chi connectivity index (χ1v) is 10.0. The molecular weight excluding hydrogens is 400 g/mol. The summed E-state index contributed by atoms with van der Waals surface area (Å²) in [5.41, 5.74) is 8.07. The van der Waals surface area contributed by atoms with Crippen molar-refractivity contribution < 1.29 is 15.2 Å². The summed E-state index contributed by atoms with van der Waals surface area (Å²) < 4.78 is 11.8. The zero-order valence-corrected chi connectivity index (χ0v) is 18.1. The third-order valence-corrected chi connectivity index (χ3v) is 4.83. The average molecular weight is 424 g/mol. The van der Waals surface area contributed by atoms with Crippen LogP contribution in [0.1, 0.15) is 16.7 Å². The van der Waals surface area contributed by atoms with Gasteiger partial charge in [-0.3, -0.25) is 0 Å².